The summed E-state index contributed by atoms with van der Waals surface area (Å²) in [6.45, 7) is -0.727. The van der Waals surface area contributed by atoms with Crippen molar-refractivity contribution in [3.05, 3.63) is 34.9 Å². The Bertz CT molecular complexity index is 790. The topological polar surface area (TPSA) is 105 Å². The molecule has 1 aliphatic heterocycles. The quantitative estimate of drug-likeness (QED) is 0.396. The number of rotatable bonds is 7. The lowest BCUT2D eigenvalue weighted by Gasteiger charge is -2.27. The number of halogens is 2. The highest BCUT2D eigenvalue weighted by molar-refractivity contribution is 7.86. The van der Waals surface area contributed by atoms with Crippen LogP contribution in [0.15, 0.2) is 18.2 Å². The Morgan fingerprint density at radius 3 is 2.77 bits per heavy atom. The molecule has 144 valence electrons. The molecule has 0 saturated carbocycles. The smallest absolute Gasteiger partial charge is 0.367 e. The van der Waals surface area contributed by atoms with Gasteiger partial charge in [0.15, 0.2) is 16.7 Å². The van der Waals surface area contributed by atoms with Crippen LogP contribution in [0.5, 0.6) is 0 Å². The normalized spacial score (nSPS) is 22.6. The van der Waals surface area contributed by atoms with Crippen LogP contribution in [0.25, 0.3) is 0 Å². The Hall–Kier alpha value is -1.62. The second-order valence-corrected chi connectivity index (χ2v) is 7.72. The average Bonchev–Trinajstić information content (AvgIpc) is 3.40. The largest absolute Gasteiger partial charge is 0.743 e. The van der Waals surface area contributed by atoms with Gasteiger partial charge < -0.3 is 18.8 Å². The molecule has 26 heavy (non-hydrogen) atoms. The van der Waals surface area contributed by atoms with E-state index in [1.54, 1.807) is 12.1 Å². The summed E-state index contributed by atoms with van der Waals surface area (Å²) in [6, 6.07) is 4.78. The molecule has 0 aromatic heterocycles. The summed E-state index contributed by atoms with van der Waals surface area (Å²) in [5.41, 5.74) is 1.46. The van der Waals surface area contributed by atoms with Crippen molar-refractivity contribution in [2.75, 3.05) is 19.8 Å². The van der Waals surface area contributed by atoms with Crippen molar-refractivity contribution in [1.29, 1.82) is 0 Å². The number of hydrogen-bond donors (Lipinski definition) is 0. The van der Waals surface area contributed by atoms with Crippen LogP contribution in [0.3, 0.4) is 0 Å². The van der Waals surface area contributed by atoms with E-state index in [1.165, 1.54) is 6.07 Å². The third-order valence-corrected chi connectivity index (χ3v) is 5.14. The first-order chi connectivity index (χ1) is 12.2. The summed E-state index contributed by atoms with van der Waals surface area (Å²) < 4.78 is 73.1. The van der Waals surface area contributed by atoms with Gasteiger partial charge in [-0.25, -0.2) is 13.2 Å². The highest BCUT2D eigenvalue weighted by atomic mass is 32.2. The van der Waals surface area contributed by atoms with Crippen LogP contribution in [-0.2, 0) is 30.7 Å². The van der Waals surface area contributed by atoms with Gasteiger partial charge in [-0.2, -0.15) is 8.78 Å². The molecule has 7 nitrogen and oxygen atoms in total. The van der Waals surface area contributed by atoms with Crippen LogP contribution in [0.4, 0.5) is 8.78 Å². The van der Waals surface area contributed by atoms with E-state index in [2.05, 4.69) is 4.74 Å². The van der Waals surface area contributed by atoms with Crippen molar-refractivity contribution >= 4 is 16.1 Å². The lowest BCUT2D eigenvalue weighted by Crippen LogP contribution is -2.35. The van der Waals surface area contributed by atoms with Crippen LogP contribution < -0.4 is 0 Å². The van der Waals surface area contributed by atoms with E-state index < -0.39 is 27.9 Å². The van der Waals surface area contributed by atoms with E-state index >= 15 is 0 Å². The van der Waals surface area contributed by atoms with Crippen molar-refractivity contribution in [2.24, 2.45) is 0 Å². The molecule has 1 aromatic carbocycles. The highest BCUT2D eigenvalue weighted by Gasteiger charge is 2.39. The summed E-state index contributed by atoms with van der Waals surface area (Å²) in [6.07, 6.45) is 1.88. The number of ether oxygens (including phenoxy) is 3. The minimum atomic E-state index is -5.91. The van der Waals surface area contributed by atoms with Crippen molar-refractivity contribution in [2.45, 2.75) is 36.7 Å². The van der Waals surface area contributed by atoms with Crippen LogP contribution in [0.1, 0.15) is 40.4 Å². The Labute approximate surface area is 149 Å². The first-order valence-corrected chi connectivity index (χ1v) is 9.45. The summed E-state index contributed by atoms with van der Waals surface area (Å²) in [7, 11) is -5.91. The van der Waals surface area contributed by atoms with Crippen molar-refractivity contribution in [1.82, 2.24) is 0 Å². The fourth-order valence-electron chi connectivity index (χ4n) is 2.86. The minimum absolute atomic E-state index is 0.0672. The lowest BCUT2D eigenvalue weighted by atomic mass is 9.86. The van der Waals surface area contributed by atoms with E-state index in [1.807, 2.05) is 0 Å². The third kappa shape index (κ3) is 4.20. The minimum Gasteiger partial charge on any atom is -0.743 e. The van der Waals surface area contributed by atoms with E-state index in [9.17, 15) is 26.5 Å². The summed E-state index contributed by atoms with van der Waals surface area (Å²) in [5, 5.41) is -4.67. The molecule has 2 unspecified atom stereocenters. The van der Waals surface area contributed by atoms with Crippen LogP contribution in [0.2, 0.25) is 0 Å². The molecular weight excluding hydrogens is 374 g/mol. The maximum absolute atomic E-state index is 13.2. The van der Waals surface area contributed by atoms with Crippen molar-refractivity contribution < 1.29 is 40.8 Å². The third-order valence-electron chi connectivity index (χ3n) is 4.29. The van der Waals surface area contributed by atoms with Gasteiger partial charge in [0.05, 0.1) is 24.9 Å². The molecule has 0 amide bonds. The first kappa shape index (κ1) is 19.2. The lowest BCUT2D eigenvalue weighted by molar-refractivity contribution is -0.0102. The van der Waals surface area contributed by atoms with Crippen LogP contribution in [-0.4, -0.2) is 50.1 Å². The Morgan fingerprint density at radius 1 is 1.38 bits per heavy atom. The number of alkyl halides is 2. The van der Waals surface area contributed by atoms with Gasteiger partial charge >= 0.3 is 11.2 Å². The zero-order chi connectivity index (χ0) is 18.9. The maximum Gasteiger partial charge on any atom is 0.367 e. The predicted octanol–water partition coefficient (Wildman–Crippen LogP) is 1.77. The summed E-state index contributed by atoms with van der Waals surface area (Å²) >= 11 is 0. The zero-order valence-corrected chi connectivity index (χ0v) is 14.5. The Balaban J connectivity index is 1.74. The molecule has 1 aliphatic carbocycles. The Morgan fingerprint density at radius 2 is 2.12 bits per heavy atom. The predicted molar refractivity (Wildman–Crippen MR) is 82.7 cm³/mol. The number of carbonyl (C=O) groups excluding carboxylic acids is 1. The van der Waals surface area contributed by atoms with Gasteiger partial charge in [0.25, 0.3) is 0 Å². The number of hydrogen-bond acceptors (Lipinski definition) is 7. The number of epoxide rings is 1. The Kier molecular flexibility index (Phi) is 5.29. The van der Waals surface area contributed by atoms with Gasteiger partial charge in [0.1, 0.15) is 6.10 Å². The second-order valence-electron chi connectivity index (χ2n) is 6.21. The fourth-order valence-corrected chi connectivity index (χ4v) is 3.06. The molecule has 0 N–H and O–H groups in total. The zero-order valence-electron chi connectivity index (χ0n) is 13.7. The highest BCUT2D eigenvalue weighted by Crippen LogP contribution is 2.35. The van der Waals surface area contributed by atoms with Crippen LogP contribution >= 0.6 is 0 Å². The van der Waals surface area contributed by atoms with E-state index in [-0.39, 0.29) is 17.8 Å². The molecule has 1 fully saturated rings. The van der Waals surface area contributed by atoms with E-state index in [4.69, 9.17) is 9.47 Å². The summed E-state index contributed by atoms with van der Waals surface area (Å²) in [4.78, 5) is 12.2. The molecular formula is C16H17F2O7S-. The van der Waals surface area contributed by atoms with Gasteiger partial charge in [0.2, 0.25) is 0 Å². The SMILES string of the molecule is O=C(OCC(F)(F)S(=O)(=O)[O-])c1cccc2c1CCCC2OCC1CO1. The van der Waals surface area contributed by atoms with Gasteiger partial charge in [-0.05, 0) is 36.5 Å². The monoisotopic (exact) mass is 391 g/mol. The molecule has 2 aliphatic rings. The molecule has 3 rings (SSSR count). The average molecular weight is 391 g/mol. The van der Waals surface area contributed by atoms with Crippen molar-refractivity contribution in [3.63, 3.8) is 0 Å². The van der Waals surface area contributed by atoms with Crippen molar-refractivity contribution in [3.8, 4) is 0 Å². The van der Waals surface area contributed by atoms with E-state index in [0.717, 1.165) is 18.4 Å². The molecule has 0 radical (unpaired) electrons. The number of esters is 1. The number of carbonyl (C=O) groups is 1. The second kappa shape index (κ2) is 7.18. The van der Waals surface area contributed by atoms with Gasteiger partial charge in [-0.1, -0.05) is 12.1 Å². The van der Waals surface area contributed by atoms with Gasteiger partial charge in [-0.3, -0.25) is 0 Å². The van der Waals surface area contributed by atoms with Gasteiger partial charge in [-0.15, -0.1) is 0 Å². The molecule has 10 heteroatoms. The molecule has 1 aromatic rings. The molecule has 0 bridgehead atoms. The van der Waals surface area contributed by atoms with Gasteiger partial charge in [0, 0.05) is 0 Å². The maximum atomic E-state index is 13.2. The number of benzene rings is 1. The molecule has 0 spiro atoms. The van der Waals surface area contributed by atoms with E-state index in [0.29, 0.717) is 25.2 Å². The molecule has 2 atom stereocenters. The first-order valence-electron chi connectivity index (χ1n) is 8.04. The molecule has 1 saturated heterocycles. The van der Waals surface area contributed by atoms with Crippen LogP contribution in [0, 0.1) is 0 Å². The molecule has 1 heterocycles. The fraction of sp³-hybridized carbons (Fsp3) is 0.562. The summed E-state index contributed by atoms with van der Waals surface area (Å²) in [5.74, 6) is -1.10. The standard InChI is InChI=1S/C16H18F2O7S/c17-16(18,26(20,21)22)9-25-15(19)13-5-1-4-12-11(13)3-2-6-14(12)24-8-10-7-23-10/h1,4-5,10,14H,2-3,6-9H2,(H,20,21,22)/p-1. The number of fused-ring (bicyclic) bond motifs is 1.